The Balaban J connectivity index is 1.47. The minimum absolute atomic E-state index is 0.247. The van der Waals surface area contributed by atoms with Crippen LogP contribution in [-0.4, -0.2) is 22.8 Å². The molecule has 5 rings (SSSR count). The Bertz CT molecular complexity index is 1040. The van der Waals surface area contributed by atoms with Crippen molar-refractivity contribution in [1.29, 1.82) is 0 Å². The van der Waals surface area contributed by atoms with E-state index in [4.69, 9.17) is 13.9 Å². The van der Waals surface area contributed by atoms with Crippen LogP contribution >= 0.6 is 15.9 Å². The number of hydrogen-bond donors (Lipinski definition) is 0. The minimum atomic E-state index is -0.325. The SMILES string of the molecule is O=c1oc2cc(Br)ccc2n1CN1CCCC1c1ccc2c(c1)OCO2. The molecule has 26 heavy (non-hydrogen) atoms. The van der Waals surface area contributed by atoms with Crippen molar-refractivity contribution >= 4 is 27.0 Å². The molecule has 1 aromatic heterocycles. The molecule has 1 unspecified atom stereocenters. The summed E-state index contributed by atoms with van der Waals surface area (Å²) in [4.78, 5) is 14.7. The molecule has 0 radical (unpaired) electrons. The second kappa shape index (κ2) is 6.17. The molecule has 0 N–H and O–H groups in total. The normalized spacial score (nSPS) is 19.5. The summed E-state index contributed by atoms with van der Waals surface area (Å²) in [6.45, 7) is 1.72. The van der Waals surface area contributed by atoms with Gasteiger partial charge < -0.3 is 13.9 Å². The summed E-state index contributed by atoms with van der Waals surface area (Å²) in [7, 11) is 0. The molecule has 0 bridgehead atoms. The maximum Gasteiger partial charge on any atom is 0.421 e. The van der Waals surface area contributed by atoms with Gasteiger partial charge in [0.2, 0.25) is 6.79 Å². The average Bonchev–Trinajstić information content (AvgIpc) is 3.34. The Kier molecular flexibility index (Phi) is 3.79. The number of rotatable bonds is 3. The fourth-order valence-corrected chi connectivity index (χ4v) is 4.19. The Hall–Kier alpha value is -2.25. The number of benzene rings is 2. The first-order chi connectivity index (χ1) is 12.7. The number of halogens is 1. The van der Waals surface area contributed by atoms with Gasteiger partial charge in [0.15, 0.2) is 17.1 Å². The van der Waals surface area contributed by atoms with Crippen molar-refractivity contribution < 1.29 is 13.9 Å². The minimum Gasteiger partial charge on any atom is -0.454 e. The van der Waals surface area contributed by atoms with Crippen molar-refractivity contribution in [3.63, 3.8) is 0 Å². The van der Waals surface area contributed by atoms with Gasteiger partial charge in [0.25, 0.3) is 0 Å². The van der Waals surface area contributed by atoms with Crippen LogP contribution in [0.25, 0.3) is 11.1 Å². The van der Waals surface area contributed by atoms with Gasteiger partial charge in [-0.1, -0.05) is 22.0 Å². The second-order valence-electron chi connectivity index (χ2n) is 6.63. The number of likely N-dealkylation sites (tertiary alicyclic amines) is 1. The van der Waals surface area contributed by atoms with E-state index in [-0.39, 0.29) is 18.6 Å². The zero-order valence-electron chi connectivity index (χ0n) is 14.0. The third kappa shape index (κ3) is 2.62. The van der Waals surface area contributed by atoms with Crippen LogP contribution in [0, 0.1) is 0 Å². The highest BCUT2D eigenvalue weighted by Gasteiger charge is 2.28. The fraction of sp³-hybridized carbons (Fsp3) is 0.316. The molecule has 2 aromatic carbocycles. The Morgan fingerprint density at radius 3 is 2.92 bits per heavy atom. The molecule has 2 aliphatic heterocycles. The van der Waals surface area contributed by atoms with Crippen molar-refractivity contribution in [2.75, 3.05) is 13.3 Å². The highest BCUT2D eigenvalue weighted by atomic mass is 79.9. The molecule has 7 heteroatoms. The average molecular weight is 417 g/mol. The van der Waals surface area contributed by atoms with Crippen molar-refractivity contribution in [3.8, 4) is 11.5 Å². The Morgan fingerprint density at radius 1 is 1.12 bits per heavy atom. The molecule has 1 saturated heterocycles. The first-order valence-corrected chi connectivity index (χ1v) is 9.41. The van der Waals surface area contributed by atoms with E-state index >= 15 is 0 Å². The first-order valence-electron chi connectivity index (χ1n) is 8.61. The van der Waals surface area contributed by atoms with E-state index in [9.17, 15) is 4.79 Å². The zero-order valence-corrected chi connectivity index (χ0v) is 15.6. The highest BCUT2D eigenvalue weighted by molar-refractivity contribution is 9.10. The third-order valence-electron chi connectivity index (χ3n) is 5.10. The number of aromatic nitrogens is 1. The zero-order chi connectivity index (χ0) is 17.7. The quantitative estimate of drug-likeness (QED) is 0.648. The van der Waals surface area contributed by atoms with Gasteiger partial charge in [0, 0.05) is 17.1 Å². The van der Waals surface area contributed by atoms with E-state index in [0.717, 1.165) is 40.9 Å². The monoisotopic (exact) mass is 416 g/mol. The van der Waals surface area contributed by atoms with E-state index in [1.54, 1.807) is 4.57 Å². The van der Waals surface area contributed by atoms with Gasteiger partial charge in [-0.2, -0.15) is 0 Å². The summed E-state index contributed by atoms with van der Waals surface area (Å²) in [5.41, 5.74) is 2.60. The number of ether oxygens (including phenoxy) is 2. The van der Waals surface area contributed by atoms with E-state index in [1.807, 2.05) is 24.3 Å². The van der Waals surface area contributed by atoms with Gasteiger partial charge in [-0.3, -0.25) is 9.47 Å². The van der Waals surface area contributed by atoms with Gasteiger partial charge in [0.05, 0.1) is 12.2 Å². The number of hydrogen-bond acceptors (Lipinski definition) is 5. The van der Waals surface area contributed by atoms with E-state index in [1.165, 1.54) is 5.56 Å². The second-order valence-corrected chi connectivity index (χ2v) is 7.55. The molecular formula is C19H17BrN2O4. The summed E-state index contributed by atoms with van der Waals surface area (Å²) in [6.07, 6.45) is 2.14. The predicted molar refractivity (Wildman–Crippen MR) is 99.4 cm³/mol. The molecule has 3 heterocycles. The van der Waals surface area contributed by atoms with Crippen LogP contribution < -0.4 is 15.2 Å². The van der Waals surface area contributed by atoms with Crippen LogP contribution in [0.15, 0.2) is 50.1 Å². The van der Waals surface area contributed by atoms with E-state index < -0.39 is 0 Å². The van der Waals surface area contributed by atoms with Crippen LogP contribution in [0.5, 0.6) is 11.5 Å². The summed E-state index contributed by atoms with van der Waals surface area (Å²) in [5, 5.41) is 0. The number of fused-ring (bicyclic) bond motifs is 2. The van der Waals surface area contributed by atoms with Crippen LogP contribution in [-0.2, 0) is 6.67 Å². The third-order valence-corrected chi connectivity index (χ3v) is 5.59. The van der Waals surface area contributed by atoms with Crippen LogP contribution in [0.2, 0.25) is 0 Å². The predicted octanol–water partition coefficient (Wildman–Crippen LogP) is 3.88. The lowest BCUT2D eigenvalue weighted by atomic mass is 10.0. The van der Waals surface area contributed by atoms with Crippen molar-refractivity contribution in [1.82, 2.24) is 9.47 Å². The molecule has 1 fully saturated rings. The molecule has 0 spiro atoms. The molecule has 134 valence electrons. The maximum absolute atomic E-state index is 12.4. The molecular weight excluding hydrogens is 400 g/mol. The number of nitrogens with zero attached hydrogens (tertiary/aromatic N) is 2. The Labute approximate surface area is 158 Å². The summed E-state index contributed by atoms with van der Waals surface area (Å²) in [5.74, 6) is 1.26. The fourth-order valence-electron chi connectivity index (χ4n) is 3.85. The van der Waals surface area contributed by atoms with Crippen LogP contribution in [0.1, 0.15) is 24.4 Å². The summed E-state index contributed by atoms with van der Waals surface area (Å²) < 4.78 is 18.9. The van der Waals surface area contributed by atoms with Crippen LogP contribution in [0.3, 0.4) is 0 Å². The molecule has 6 nitrogen and oxygen atoms in total. The lowest BCUT2D eigenvalue weighted by Crippen LogP contribution is -2.30. The van der Waals surface area contributed by atoms with E-state index in [2.05, 4.69) is 33.0 Å². The molecule has 1 atom stereocenters. The number of oxazole rings is 1. The molecule has 3 aromatic rings. The van der Waals surface area contributed by atoms with Gasteiger partial charge in [0.1, 0.15) is 0 Å². The molecule has 0 aliphatic carbocycles. The van der Waals surface area contributed by atoms with Crippen LogP contribution in [0.4, 0.5) is 0 Å². The van der Waals surface area contributed by atoms with Crippen molar-refractivity contribution in [2.24, 2.45) is 0 Å². The maximum atomic E-state index is 12.4. The molecule has 2 aliphatic rings. The van der Waals surface area contributed by atoms with Gasteiger partial charge in [-0.15, -0.1) is 0 Å². The van der Waals surface area contributed by atoms with Crippen molar-refractivity contribution in [2.45, 2.75) is 25.6 Å². The molecule has 0 amide bonds. The van der Waals surface area contributed by atoms with Gasteiger partial charge >= 0.3 is 5.76 Å². The standard InChI is InChI=1S/C19H17BrN2O4/c20-13-4-5-15-17(9-13)26-19(23)22(15)10-21-7-1-2-14(21)12-3-6-16-18(8-12)25-11-24-16/h3-6,8-9,14H,1-2,7,10-11H2. The van der Waals surface area contributed by atoms with Crippen molar-refractivity contribution in [3.05, 3.63) is 57.0 Å². The summed E-state index contributed by atoms with van der Waals surface area (Å²) >= 11 is 3.42. The lowest BCUT2D eigenvalue weighted by Gasteiger charge is -2.25. The smallest absolute Gasteiger partial charge is 0.421 e. The van der Waals surface area contributed by atoms with Gasteiger partial charge in [-0.25, -0.2) is 4.79 Å². The highest BCUT2D eigenvalue weighted by Crippen LogP contribution is 2.39. The topological polar surface area (TPSA) is 56.8 Å². The Morgan fingerprint density at radius 2 is 2.00 bits per heavy atom. The molecule has 0 saturated carbocycles. The van der Waals surface area contributed by atoms with Gasteiger partial charge in [-0.05, 0) is 48.7 Å². The summed E-state index contributed by atoms with van der Waals surface area (Å²) in [6, 6.07) is 12.0. The first kappa shape index (κ1) is 16.0. The van der Waals surface area contributed by atoms with E-state index in [0.29, 0.717) is 12.3 Å². The lowest BCUT2D eigenvalue weighted by molar-refractivity contribution is 0.173. The largest absolute Gasteiger partial charge is 0.454 e.